The lowest BCUT2D eigenvalue weighted by Crippen LogP contribution is -2.21. The second-order valence-corrected chi connectivity index (χ2v) is 4.28. The molecular weight excluding hydrogens is 164 g/mol. The molecule has 0 aromatic carbocycles. The Morgan fingerprint density at radius 1 is 0.923 bits per heavy atom. The quantitative estimate of drug-likeness (QED) is 0.657. The maximum absolute atomic E-state index is 11.4. The van der Waals surface area contributed by atoms with E-state index in [-0.39, 0.29) is 29.3 Å². The van der Waals surface area contributed by atoms with E-state index in [0.717, 1.165) is 0 Å². The van der Waals surface area contributed by atoms with Crippen molar-refractivity contribution in [2.45, 2.75) is 41.0 Å². The second-order valence-electron chi connectivity index (χ2n) is 4.28. The van der Waals surface area contributed by atoms with Crippen LogP contribution in [0, 0.1) is 17.8 Å². The van der Waals surface area contributed by atoms with Gasteiger partial charge in [-0.25, -0.2) is 0 Å². The summed E-state index contributed by atoms with van der Waals surface area (Å²) in [7, 11) is 0. The predicted molar refractivity (Wildman–Crippen MR) is 53.5 cm³/mol. The van der Waals surface area contributed by atoms with Crippen molar-refractivity contribution in [3.63, 3.8) is 0 Å². The molecule has 0 spiro atoms. The fourth-order valence-electron chi connectivity index (χ4n) is 1.21. The smallest absolute Gasteiger partial charge is 0.138 e. The van der Waals surface area contributed by atoms with Crippen LogP contribution in [-0.4, -0.2) is 11.6 Å². The highest BCUT2D eigenvalue weighted by atomic mass is 16.1. The van der Waals surface area contributed by atoms with E-state index in [0.29, 0.717) is 6.42 Å². The van der Waals surface area contributed by atoms with Crippen molar-refractivity contribution in [2.75, 3.05) is 0 Å². The summed E-state index contributed by atoms with van der Waals surface area (Å²) < 4.78 is 0. The molecule has 0 rings (SSSR count). The molecule has 2 heteroatoms. The molecule has 0 aliphatic heterocycles. The molecule has 0 bridgehead atoms. The molecule has 0 aliphatic carbocycles. The molecule has 0 saturated heterocycles. The third kappa shape index (κ3) is 4.20. The summed E-state index contributed by atoms with van der Waals surface area (Å²) in [6.07, 6.45) is 0.398. The van der Waals surface area contributed by atoms with E-state index < -0.39 is 0 Å². The standard InChI is InChI=1S/C11H20O2/c1-7(2)10(12)6-9(5)11(13)8(3)4/h7-9H,6H2,1-5H3. The molecule has 0 aromatic rings. The lowest BCUT2D eigenvalue weighted by Gasteiger charge is -2.13. The number of rotatable bonds is 5. The second kappa shape index (κ2) is 5.15. The van der Waals surface area contributed by atoms with Gasteiger partial charge in [0, 0.05) is 24.2 Å². The van der Waals surface area contributed by atoms with Gasteiger partial charge in [0.15, 0.2) is 0 Å². The SMILES string of the molecule is CC(C)C(=O)CC(C)C(=O)C(C)C. The minimum atomic E-state index is -0.116. The Hall–Kier alpha value is -0.660. The molecule has 0 aromatic heterocycles. The van der Waals surface area contributed by atoms with Crippen LogP contribution in [0.3, 0.4) is 0 Å². The Morgan fingerprint density at radius 2 is 1.38 bits per heavy atom. The van der Waals surface area contributed by atoms with Crippen LogP contribution in [-0.2, 0) is 9.59 Å². The molecule has 1 atom stereocenters. The monoisotopic (exact) mass is 184 g/mol. The fourth-order valence-corrected chi connectivity index (χ4v) is 1.21. The van der Waals surface area contributed by atoms with E-state index >= 15 is 0 Å². The number of Topliss-reactive ketones (excluding diaryl/α,β-unsaturated/α-hetero) is 2. The molecule has 76 valence electrons. The van der Waals surface area contributed by atoms with Crippen molar-refractivity contribution >= 4 is 11.6 Å². The first-order valence-electron chi connectivity index (χ1n) is 4.92. The van der Waals surface area contributed by atoms with Gasteiger partial charge in [0.1, 0.15) is 11.6 Å². The van der Waals surface area contributed by atoms with Crippen molar-refractivity contribution in [1.29, 1.82) is 0 Å². The van der Waals surface area contributed by atoms with Crippen molar-refractivity contribution < 1.29 is 9.59 Å². The largest absolute Gasteiger partial charge is 0.299 e. The molecule has 0 amide bonds. The molecule has 0 saturated carbocycles. The van der Waals surface area contributed by atoms with E-state index in [1.54, 1.807) is 0 Å². The lowest BCUT2D eigenvalue weighted by molar-refractivity contribution is -0.130. The van der Waals surface area contributed by atoms with Gasteiger partial charge in [-0.15, -0.1) is 0 Å². The van der Waals surface area contributed by atoms with Crippen molar-refractivity contribution in [3.8, 4) is 0 Å². The van der Waals surface area contributed by atoms with Crippen LogP contribution in [0.2, 0.25) is 0 Å². The van der Waals surface area contributed by atoms with Crippen LogP contribution in [0.25, 0.3) is 0 Å². The first-order chi connectivity index (χ1) is 5.86. The van der Waals surface area contributed by atoms with E-state index in [2.05, 4.69) is 0 Å². The highest BCUT2D eigenvalue weighted by Gasteiger charge is 2.20. The zero-order valence-corrected chi connectivity index (χ0v) is 9.26. The number of carbonyl (C=O) groups excluding carboxylic acids is 2. The van der Waals surface area contributed by atoms with Crippen LogP contribution < -0.4 is 0 Å². The van der Waals surface area contributed by atoms with E-state index in [1.807, 2.05) is 34.6 Å². The average molecular weight is 184 g/mol. The predicted octanol–water partition coefficient (Wildman–Crippen LogP) is 2.46. The zero-order valence-electron chi connectivity index (χ0n) is 9.26. The summed E-state index contributed by atoms with van der Waals surface area (Å²) in [4.78, 5) is 22.8. The Balaban J connectivity index is 4.08. The van der Waals surface area contributed by atoms with Crippen LogP contribution in [0.1, 0.15) is 41.0 Å². The van der Waals surface area contributed by atoms with E-state index in [1.165, 1.54) is 0 Å². The molecule has 0 aliphatic rings. The van der Waals surface area contributed by atoms with Gasteiger partial charge in [-0.3, -0.25) is 9.59 Å². The van der Waals surface area contributed by atoms with Gasteiger partial charge in [-0.05, 0) is 0 Å². The maximum atomic E-state index is 11.4. The maximum Gasteiger partial charge on any atom is 0.138 e. The summed E-state index contributed by atoms with van der Waals surface area (Å²) >= 11 is 0. The van der Waals surface area contributed by atoms with Gasteiger partial charge in [-0.1, -0.05) is 34.6 Å². The van der Waals surface area contributed by atoms with Crippen LogP contribution in [0.15, 0.2) is 0 Å². The number of hydrogen-bond acceptors (Lipinski definition) is 2. The molecule has 0 fully saturated rings. The minimum absolute atomic E-state index is 0.0370. The molecule has 2 nitrogen and oxygen atoms in total. The summed E-state index contributed by atoms with van der Waals surface area (Å²) in [5.41, 5.74) is 0. The Morgan fingerprint density at radius 3 is 1.69 bits per heavy atom. The highest BCUT2D eigenvalue weighted by molar-refractivity contribution is 5.89. The molecule has 0 N–H and O–H groups in total. The van der Waals surface area contributed by atoms with Crippen LogP contribution in [0.4, 0.5) is 0 Å². The Bertz CT molecular complexity index is 192. The molecular formula is C11H20O2. The van der Waals surface area contributed by atoms with Crippen LogP contribution in [0.5, 0.6) is 0 Å². The molecule has 0 heterocycles. The Labute approximate surface area is 80.7 Å². The Kier molecular flexibility index (Phi) is 4.89. The number of hydrogen-bond donors (Lipinski definition) is 0. The first-order valence-corrected chi connectivity index (χ1v) is 4.92. The first kappa shape index (κ1) is 12.3. The van der Waals surface area contributed by atoms with Gasteiger partial charge in [0.25, 0.3) is 0 Å². The molecule has 0 radical (unpaired) electrons. The zero-order chi connectivity index (χ0) is 10.6. The highest BCUT2D eigenvalue weighted by Crippen LogP contribution is 2.13. The third-order valence-corrected chi connectivity index (χ3v) is 2.21. The fraction of sp³-hybridized carbons (Fsp3) is 0.818. The number of ketones is 2. The van der Waals surface area contributed by atoms with Crippen molar-refractivity contribution in [1.82, 2.24) is 0 Å². The van der Waals surface area contributed by atoms with Crippen LogP contribution >= 0.6 is 0 Å². The normalized spacial score (nSPS) is 13.5. The number of carbonyl (C=O) groups is 2. The molecule has 1 unspecified atom stereocenters. The summed E-state index contributed by atoms with van der Waals surface area (Å²) in [5.74, 6) is 0.336. The van der Waals surface area contributed by atoms with E-state index in [9.17, 15) is 9.59 Å². The average Bonchev–Trinajstić information content (AvgIpc) is 2.02. The van der Waals surface area contributed by atoms with Crippen molar-refractivity contribution in [3.05, 3.63) is 0 Å². The topological polar surface area (TPSA) is 34.1 Å². The van der Waals surface area contributed by atoms with E-state index in [4.69, 9.17) is 0 Å². The van der Waals surface area contributed by atoms with Gasteiger partial charge in [0.05, 0.1) is 0 Å². The minimum Gasteiger partial charge on any atom is -0.299 e. The van der Waals surface area contributed by atoms with Gasteiger partial charge < -0.3 is 0 Å². The summed E-state index contributed by atoms with van der Waals surface area (Å²) in [6.45, 7) is 9.32. The summed E-state index contributed by atoms with van der Waals surface area (Å²) in [6, 6.07) is 0. The summed E-state index contributed by atoms with van der Waals surface area (Å²) in [5, 5.41) is 0. The van der Waals surface area contributed by atoms with Crippen molar-refractivity contribution in [2.24, 2.45) is 17.8 Å². The van der Waals surface area contributed by atoms with Gasteiger partial charge in [0.2, 0.25) is 0 Å². The lowest BCUT2D eigenvalue weighted by atomic mass is 9.90. The third-order valence-electron chi connectivity index (χ3n) is 2.21. The molecule has 13 heavy (non-hydrogen) atoms. The van der Waals surface area contributed by atoms with Gasteiger partial charge >= 0.3 is 0 Å². The van der Waals surface area contributed by atoms with Gasteiger partial charge in [-0.2, -0.15) is 0 Å².